The smallest absolute Gasteiger partial charge is 0.306 e. The highest BCUT2D eigenvalue weighted by Crippen LogP contribution is 2.13. The number of hydrogen-bond donors (Lipinski definition) is 1. The average Bonchev–Trinajstić information content (AvgIpc) is 2.20. The number of nitrogens with zero attached hydrogens (tertiary/aromatic N) is 1. The van der Waals surface area contributed by atoms with Gasteiger partial charge in [0.15, 0.2) is 0 Å². The number of rotatable bonds is 5. The SMILES string of the molecule is CC(CCCN1CCCCC1=O)C(=O)O. The summed E-state index contributed by atoms with van der Waals surface area (Å²) in [7, 11) is 0. The third kappa shape index (κ3) is 3.90. The van der Waals surface area contributed by atoms with E-state index < -0.39 is 5.97 Å². The summed E-state index contributed by atoms with van der Waals surface area (Å²) in [6.45, 7) is 3.27. The monoisotopic (exact) mass is 213 g/mol. The first-order valence-corrected chi connectivity index (χ1v) is 5.62. The van der Waals surface area contributed by atoms with Gasteiger partial charge >= 0.3 is 5.97 Å². The van der Waals surface area contributed by atoms with Crippen molar-refractivity contribution in [3.63, 3.8) is 0 Å². The second-order valence-electron chi connectivity index (χ2n) is 4.22. The molecular formula is C11H19NO3. The number of carboxylic acids is 1. The van der Waals surface area contributed by atoms with Crippen molar-refractivity contribution >= 4 is 11.9 Å². The molecule has 1 amide bonds. The fourth-order valence-corrected chi connectivity index (χ4v) is 1.81. The maximum Gasteiger partial charge on any atom is 0.306 e. The first kappa shape index (κ1) is 12.0. The maximum atomic E-state index is 11.4. The van der Waals surface area contributed by atoms with Crippen LogP contribution in [0, 0.1) is 5.92 Å². The van der Waals surface area contributed by atoms with Gasteiger partial charge in [-0.15, -0.1) is 0 Å². The molecule has 1 unspecified atom stereocenters. The molecule has 1 aliphatic heterocycles. The van der Waals surface area contributed by atoms with Gasteiger partial charge < -0.3 is 10.0 Å². The number of carboxylic acid groups (broad SMARTS) is 1. The van der Waals surface area contributed by atoms with E-state index in [1.807, 2.05) is 4.90 Å². The van der Waals surface area contributed by atoms with E-state index in [4.69, 9.17) is 5.11 Å². The third-order valence-corrected chi connectivity index (χ3v) is 2.91. The predicted molar refractivity (Wildman–Crippen MR) is 56.5 cm³/mol. The van der Waals surface area contributed by atoms with Crippen molar-refractivity contribution < 1.29 is 14.7 Å². The van der Waals surface area contributed by atoms with Gasteiger partial charge in [-0.3, -0.25) is 9.59 Å². The third-order valence-electron chi connectivity index (χ3n) is 2.91. The Hall–Kier alpha value is -1.06. The molecule has 1 N–H and O–H groups in total. The van der Waals surface area contributed by atoms with Crippen LogP contribution in [0.25, 0.3) is 0 Å². The number of aliphatic carboxylic acids is 1. The lowest BCUT2D eigenvalue weighted by Gasteiger charge is -2.26. The van der Waals surface area contributed by atoms with Gasteiger partial charge in [0, 0.05) is 19.5 Å². The minimum Gasteiger partial charge on any atom is -0.481 e. The Labute approximate surface area is 90.3 Å². The summed E-state index contributed by atoms with van der Waals surface area (Å²) in [5, 5.41) is 8.69. The van der Waals surface area contributed by atoms with E-state index in [-0.39, 0.29) is 11.8 Å². The Morgan fingerprint density at radius 2 is 2.27 bits per heavy atom. The predicted octanol–water partition coefficient (Wildman–Crippen LogP) is 1.50. The Morgan fingerprint density at radius 3 is 2.87 bits per heavy atom. The zero-order chi connectivity index (χ0) is 11.3. The number of likely N-dealkylation sites (tertiary alicyclic amines) is 1. The van der Waals surface area contributed by atoms with Crippen molar-refractivity contribution in [2.75, 3.05) is 13.1 Å². The fraction of sp³-hybridized carbons (Fsp3) is 0.818. The van der Waals surface area contributed by atoms with Crippen LogP contribution in [0.2, 0.25) is 0 Å². The summed E-state index contributed by atoms with van der Waals surface area (Å²) in [6.07, 6.45) is 4.19. The lowest BCUT2D eigenvalue weighted by molar-refractivity contribution is -0.141. The van der Waals surface area contributed by atoms with E-state index in [9.17, 15) is 9.59 Å². The van der Waals surface area contributed by atoms with Crippen LogP contribution in [0.15, 0.2) is 0 Å². The lowest BCUT2D eigenvalue weighted by atomic mass is 10.0. The molecule has 0 aliphatic carbocycles. The molecule has 0 aromatic rings. The van der Waals surface area contributed by atoms with Gasteiger partial charge in [-0.2, -0.15) is 0 Å². The summed E-state index contributed by atoms with van der Waals surface area (Å²) in [6, 6.07) is 0. The molecule has 0 saturated carbocycles. The van der Waals surface area contributed by atoms with Gasteiger partial charge in [-0.05, 0) is 25.7 Å². The van der Waals surface area contributed by atoms with Crippen molar-refractivity contribution in [2.45, 2.75) is 39.0 Å². The molecule has 1 aliphatic rings. The van der Waals surface area contributed by atoms with Gasteiger partial charge in [0.05, 0.1) is 5.92 Å². The second kappa shape index (κ2) is 5.73. The lowest BCUT2D eigenvalue weighted by Crippen LogP contribution is -2.36. The maximum absolute atomic E-state index is 11.4. The number of hydrogen-bond acceptors (Lipinski definition) is 2. The Morgan fingerprint density at radius 1 is 1.53 bits per heavy atom. The normalized spacial score (nSPS) is 19.0. The molecule has 1 rings (SSSR count). The molecule has 4 nitrogen and oxygen atoms in total. The summed E-state index contributed by atoms with van der Waals surface area (Å²) in [5.41, 5.74) is 0. The molecule has 1 atom stereocenters. The van der Waals surface area contributed by atoms with Crippen LogP contribution in [0.5, 0.6) is 0 Å². The Bertz CT molecular complexity index is 240. The van der Waals surface area contributed by atoms with Crippen LogP contribution in [0.3, 0.4) is 0 Å². The van der Waals surface area contributed by atoms with E-state index in [0.29, 0.717) is 12.8 Å². The minimum absolute atomic E-state index is 0.226. The molecule has 4 heteroatoms. The van der Waals surface area contributed by atoms with Crippen molar-refractivity contribution in [3.05, 3.63) is 0 Å². The molecule has 1 saturated heterocycles. The number of piperidine rings is 1. The van der Waals surface area contributed by atoms with Crippen molar-refractivity contribution in [2.24, 2.45) is 5.92 Å². The zero-order valence-electron chi connectivity index (χ0n) is 9.24. The quantitative estimate of drug-likeness (QED) is 0.753. The largest absolute Gasteiger partial charge is 0.481 e. The van der Waals surface area contributed by atoms with E-state index in [0.717, 1.165) is 32.4 Å². The van der Waals surface area contributed by atoms with Crippen molar-refractivity contribution in [3.8, 4) is 0 Å². The van der Waals surface area contributed by atoms with Gasteiger partial charge in [0.25, 0.3) is 0 Å². The van der Waals surface area contributed by atoms with Crippen molar-refractivity contribution in [1.29, 1.82) is 0 Å². The average molecular weight is 213 g/mol. The topological polar surface area (TPSA) is 57.6 Å². The van der Waals surface area contributed by atoms with E-state index >= 15 is 0 Å². The Kier molecular flexibility index (Phi) is 4.59. The number of carbonyl (C=O) groups is 2. The molecular weight excluding hydrogens is 194 g/mol. The minimum atomic E-state index is -0.750. The fourth-order valence-electron chi connectivity index (χ4n) is 1.81. The van der Waals surface area contributed by atoms with E-state index in [2.05, 4.69) is 0 Å². The summed E-state index contributed by atoms with van der Waals surface area (Å²) in [4.78, 5) is 23.8. The molecule has 1 heterocycles. The van der Waals surface area contributed by atoms with E-state index in [1.54, 1.807) is 6.92 Å². The highest BCUT2D eigenvalue weighted by atomic mass is 16.4. The second-order valence-corrected chi connectivity index (χ2v) is 4.22. The van der Waals surface area contributed by atoms with Crippen LogP contribution in [0.1, 0.15) is 39.0 Å². The standard InChI is InChI=1S/C11H19NO3/c1-9(11(14)15)5-4-8-12-7-3-2-6-10(12)13/h9H,2-8H2,1H3,(H,14,15). The van der Waals surface area contributed by atoms with Crippen LogP contribution in [-0.2, 0) is 9.59 Å². The molecule has 0 bridgehead atoms. The van der Waals surface area contributed by atoms with Crippen LogP contribution in [-0.4, -0.2) is 35.0 Å². The van der Waals surface area contributed by atoms with Gasteiger partial charge in [0.2, 0.25) is 5.91 Å². The zero-order valence-corrected chi connectivity index (χ0v) is 9.24. The number of carbonyl (C=O) groups excluding carboxylic acids is 1. The molecule has 0 aromatic carbocycles. The van der Waals surface area contributed by atoms with Crippen LogP contribution in [0.4, 0.5) is 0 Å². The molecule has 1 fully saturated rings. The first-order chi connectivity index (χ1) is 7.11. The Balaban J connectivity index is 2.19. The summed E-state index contributed by atoms with van der Waals surface area (Å²) < 4.78 is 0. The number of amides is 1. The highest BCUT2D eigenvalue weighted by molar-refractivity contribution is 5.76. The van der Waals surface area contributed by atoms with Gasteiger partial charge in [0.1, 0.15) is 0 Å². The summed E-state index contributed by atoms with van der Waals surface area (Å²) in [5.74, 6) is -0.825. The highest BCUT2D eigenvalue weighted by Gasteiger charge is 2.18. The molecule has 86 valence electrons. The van der Waals surface area contributed by atoms with Crippen LogP contribution < -0.4 is 0 Å². The van der Waals surface area contributed by atoms with E-state index in [1.165, 1.54) is 0 Å². The molecule has 0 spiro atoms. The van der Waals surface area contributed by atoms with Crippen LogP contribution >= 0.6 is 0 Å². The molecule has 15 heavy (non-hydrogen) atoms. The van der Waals surface area contributed by atoms with Crippen molar-refractivity contribution in [1.82, 2.24) is 4.90 Å². The first-order valence-electron chi connectivity index (χ1n) is 5.62. The summed E-state index contributed by atoms with van der Waals surface area (Å²) >= 11 is 0. The van der Waals surface area contributed by atoms with Gasteiger partial charge in [-0.25, -0.2) is 0 Å². The molecule has 0 aromatic heterocycles. The molecule has 0 radical (unpaired) electrons. The van der Waals surface area contributed by atoms with Gasteiger partial charge in [-0.1, -0.05) is 6.92 Å².